The Hall–Kier alpha value is -1.96. The summed E-state index contributed by atoms with van der Waals surface area (Å²) >= 11 is 0. The van der Waals surface area contributed by atoms with Gasteiger partial charge in [-0.3, -0.25) is 4.79 Å². The lowest BCUT2D eigenvalue weighted by Gasteiger charge is -2.28. The summed E-state index contributed by atoms with van der Waals surface area (Å²) in [4.78, 5) is 21.0. The minimum absolute atomic E-state index is 0.124. The van der Waals surface area contributed by atoms with Crippen molar-refractivity contribution in [3.63, 3.8) is 0 Å². The molecule has 20 heavy (non-hydrogen) atoms. The topological polar surface area (TPSA) is 73.8 Å². The first-order valence-electron chi connectivity index (χ1n) is 6.15. The van der Waals surface area contributed by atoms with Crippen molar-refractivity contribution >= 4 is 11.8 Å². The van der Waals surface area contributed by atoms with Gasteiger partial charge < -0.3 is 19.1 Å². The predicted molar refractivity (Wildman–Crippen MR) is 67.3 cm³/mol. The van der Waals surface area contributed by atoms with Crippen molar-refractivity contribution in [1.29, 1.82) is 0 Å². The number of carbonyl (C=O) groups is 1. The van der Waals surface area contributed by atoms with Crippen LogP contribution < -0.4 is 9.64 Å². The minimum Gasteiger partial charge on any atom is -0.479 e. The first kappa shape index (κ1) is 14.4. The van der Waals surface area contributed by atoms with Gasteiger partial charge in [-0.1, -0.05) is 0 Å². The maximum Gasteiger partial charge on any atom is 0.313 e. The van der Waals surface area contributed by atoms with E-state index < -0.39 is 11.8 Å². The second kappa shape index (κ2) is 6.47. The molecule has 0 radical (unpaired) electrons. The highest BCUT2D eigenvalue weighted by molar-refractivity contribution is 5.71. The van der Waals surface area contributed by atoms with Gasteiger partial charge in [0.2, 0.25) is 5.82 Å². The number of anilines is 1. The molecule has 7 nitrogen and oxygen atoms in total. The molecular weight excluding hydrogens is 269 g/mol. The highest BCUT2D eigenvalue weighted by atomic mass is 19.1. The second-order valence-electron chi connectivity index (χ2n) is 4.14. The average molecular weight is 285 g/mol. The molecule has 1 aromatic heterocycles. The highest BCUT2D eigenvalue weighted by Crippen LogP contribution is 2.25. The van der Waals surface area contributed by atoms with Gasteiger partial charge in [-0.2, -0.15) is 9.37 Å². The molecule has 0 atom stereocenters. The van der Waals surface area contributed by atoms with Crippen LogP contribution in [-0.2, 0) is 20.7 Å². The quantitative estimate of drug-likeness (QED) is 0.730. The smallest absolute Gasteiger partial charge is 0.313 e. The zero-order valence-electron chi connectivity index (χ0n) is 11.4. The van der Waals surface area contributed by atoms with Gasteiger partial charge in [0, 0.05) is 13.1 Å². The summed E-state index contributed by atoms with van der Waals surface area (Å²) in [6, 6.07) is 0. The predicted octanol–water partition coefficient (Wildman–Crippen LogP) is 0.176. The molecule has 0 aromatic carbocycles. The Morgan fingerprint density at radius 2 is 2.05 bits per heavy atom. The zero-order valence-corrected chi connectivity index (χ0v) is 11.4. The summed E-state index contributed by atoms with van der Waals surface area (Å²) in [7, 11) is 2.59. The molecule has 2 rings (SSSR count). The fourth-order valence-electron chi connectivity index (χ4n) is 1.86. The van der Waals surface area contributed by atoms with Crippen molar-refractivity contribution in [3.05, 3.63) is 11.6 Å². The first-order valence-corrected chi connectivity index (χ1v) is 6.15. The number of rotatable bonds is 4. The van der Waals surface area contributed by atoms with Crippen LogP contribution in [0.15, 0.2) is 0 Å². The van der Waals surface area contributed by atoms with E-state index in [2.05, 4.69) is 14.7 Å². The zero-order chi connectivity index (χ0) is 14.5. The molecule has 0 bridgehead atoms. The third kappa shape index (κ3) is 3.13. The summed E-state index contributed by atoms with van der Waals surface area (Å²) in [6.07, 6.45) is -0.134. The van der Waals surface area contributed by atoms with Crippen LogP contribution in [0.2, 0.25) is 0 Å². The fraction of sp³-hybridized carbons (Fsp3) is 0.583. The Balaban J connectivity index is 2.32. The summed E-state index contributed by atoms with van der Waals surface area (Å²) in [5, 5.41) is 0. The lowest BCUT2D eigenvalue weighted by Crippen LogP contribution is -2.37. The molecule has 1 aliphatic rings. The number of ether oxygens (including phenoxy) is 3. The Morgan fingerprint density at radius 3 is 2.65 bits per heavy atom. The molecule has 8 heteroatoms. The van der Waals surface area contributed by atoms with Gasteiger partial charge in [0.15, 0.2) is 5.82 Å². The SMILES string of the molecule is COC(=O)Cc1nc(OC)c(F)c(N2CCOCC2)n1. The summed E-state index contributed by atoms with van der Waals surface area (Å²) in [5.41, 5.74) is 0. The molecule has 0 saturated carbocycles. The van der Waals surface area contributed by atoms with E-state index in [9.17, 15) is 9.18 Å². The number of nitrogens with zero attached hydrogens (tertiary/aromatic N) is 3. The van der Waals surface area contributed by atoms with Gasteiger partial charge in [0.1, 0.15) is 12.2 Å². The molecule has 0 aliphatic carbocycles. The first-order chi connectivity index (χ1) is 9.65. The molecular formula is C12H16FN3O4. The van der Waals surface area contributed by atoms with Crippen molar-refractivity contribution in [1.82, 2.24) is 9.97 Å². The van der Waals surface area contributed by atoms with Gasteiger partial charge in [0.05, 0.1) is 27.4 Å². The number of esters is 1. The maximum atomic E-state index is 14.2. The summed E-state index contributed by atoms with van der Waals surface area (Å²) in [6.45, 7) is 2.04. The number of halogens is 1. The van der Waals surface area contributed by atoms with E-state index in [-0.39, 0.29) is 23.9 Å². The Morgan fingerprint density at radius 1 is 1.35 bits per heavy atom. The minimum atomic E-state index is -0.636. The lowest BCUT2D eigenvalue weighted by molar-refractivity contribution is -0.139. The van der Waals surface area contributed by atoms with E-state index in [4.69, 9.17) is 9.47 Å². The third-order valence-corrected chi connectivity index (χ3v) is 2.88. The van der Waals surface area contributed by atoms with Crippen LogP contribution in [-0.4, -0.2) is 56.5 Å². The summed E-state index contributed by atoms with van der Waals surface area (Å²) < 4.78 is 28.9. The maximum absolute atomic E-state index is 14.2. The van der Waals surface area contributed by atoms with Crippen molar-refractivity contribution < 1.29 is 23.4 Å². The van der Waals surface area contributed by atoms with Crippen LogP contribution >= 0.6 is 0 Å². The molecule has 1 aromatic rings. The van der Waals surface area contributed by atoms with E-state index in [1.54, 1.807) is 4.90 Å². The monoisotopic (exact) mass is 285 g/mol. The van der Waals surface area contributed by atoms with Gasteiger partial charge in [0.25, 0.3) is 5.88 Å². The molecule has 1 aliphatic heterocycles. The van der Waals surface area contributed by atoms with Gasteiger partial charge in [-0.25, -0.2) is 4.98 Å². The van der Waals surface area contributed by atoms with Crippen LogP contribution in [0.1, 0.15) is 5.82 Å². The molecule has 0 amide bonds. The highest BCUT2D eigenvalue weighted by Gasteiger charge is 2.23. The normalized spacial score (nSPS) is 15.1. The van der Waals surface area contributed by atoms with Crippen molar-refractivity contribution in [2.45, 2.75) is 6.42 Å². The molecule has 0 spiro atoms. The third-order valence-electron chi connectivity index (χ3n) is 2.88. The van der Waals surface area contributed by atoms with Gasteiger partial charge >= 0.3 is 5.97 Å². The van der Waals surface area contributed by atoms with Crippen LogP contribution in [0.4, 0.5) is 10.2 Å². The number of hydrogen-bond donors (Lipinski definition) is 0. The Labute approximate surface area is 115 Å². The number of methoxy groups -OCH3 is 2. The number of hydrogen-bond acceptors (Lipinski definition) is 7. The van der Waals surface area contributed by atoms with Gasteiger partial charge in [-0.15, -0.1) is 0 Å². The molecule has 1 fully saturated rings. The number of aromatic nitrogens is 2. The molecule has 110 valence electrons. The average Bonchev–Trinajstić information content (AvgIpc) is 2.49. The van der Waals surface area contributed by atoms with Crippen molar-refractivity contribution in [2.24, 2.45) is 0 Å². The van der Waals surface area contributed by atoms with Gasteiger partial charge in [-0.05, 0) is 0 Å². The van der Waals surface area contributed by atoms with Crippen LogP contribution in [0, 0.1) is 5.82 Å². The van der Waals surface area contributed by atoms with E-state index in [0.717, 1.165) is 0 Å². The Kier molecular flexibility index (Phi) is 4.67. The van der Waals surface area contributed by atoms with Crippen LogP contribution in [0.3, 0.4) is 0 Å². The second-order valence-corrected chi connectivity index (χ2v) is 4.14. The van der Waals surface area contributed by atoms with Crippen LogP contribution in [0.5, 0.6) is 5.88 Å². The van der Waals surface area contributed by atoms with E-state index in [1.807, 2.05) is 0 Å². The lowest BCUT2D eigenvalue weighted by atomic mass is 10.3. The largest absolute Gasteiger partial charge is 0.479 e. The Bertz CT molecular complexity index is 492. The van der Waals surface area contributed by atoms with Crippen molar-refractivity contribution in [3.8, 4) is 5.88 Å². The summed E-state index contributed by atoms with van der Waals surface area (Å²) in [5.74, 6) is -1.02. The standard InChI is InChI=1S/C12H16FN3O4/c1-18-9(17)7-8-14-11(10(13)12(15-8)19-2)16-3-5-20-6-4-16/h3-7H2,1-2H3. The van der Waals surface area contributed by atoms with Crippen molar-refractivity contribution in [2.75, 3.05) is 45.4 Å². The van der Waals surface area contributed by atoms with E-state index in [0.29, 0.717) is 26.3 Å². The number of morpholine rings is 1. The molecule has 2 heterocycles. The van der Waals surface area contributed by atoms with Crippen LogP contribution in [0.25, 0.3) is 0 Å². The molecule has 0 unspecified atom stereocenters. The molecule has 1 saturated heterocycles. The number of carbonyl (C=O) groups excluding carboxylic acids is 1. The molecule has 0 N–H and O–H groups in total. The van der Waals surface area contributed by atoms with E-state index in [1.165, 1.54) is 14.2 Å². The fourth-order valence-corrected chi connectivity index (χ4v) is 1.86. The van der Waals surface area contributed by atoms with E-state index >= 15 is 0 Å².